The first-order valence-corrected chi connectivity index (χ1v) is 9.05. The number of nitrogens with one attached hydrogen (secondary N) is 1. The third kappa shape index (κ3) is 7.12. The van der Waals surface area contributed by atoms with E-state index in [0.29, 0.717) is 6.07 Å². The molecule has 0 spiro atoms. The maximum Gasteiger partial charge on any atom is 0.446 e. The van der Waals surface area contributed by atoms with E-state index < -0.39 is 41.6 Å². The van der Waals surface area contributed by atoms with Crippen molar-refractivity contribution in [2.24, 2.45) is 0 Å². The van der Waals surface area contributed by atoms with Gasteiger partial charge in [0, 0.05) is 10.5 Å². The molecular weight excluding hydrogens is 448 g/mol. The van der Waals surface area contributed by atoms with E-state index in [0.717, 1.165) is 36.4 Å². The molecular formula is C19H11F6N3O2S. The predicted octanol–water partition coefficient (Wildman–Crippen LogP) is 4.89. The Hall–Kier alpha value is -3.38. The zero-order valence-corrected chi connectivity index (χ0v) is 16.0. The average Bonchev–Trinajstić information content (AvgIpc) is 2.69. The van der Waals surface area contributed by atoms with Gasteiger partial charge in [-0.15, -0.1) is 0 Å². The van der Waals surface area contributed by atoms with Gasteiger partial charge in [-0.3, -0.25) is 4.79 Å². The highest BCUT2D eigenvalue weighted by molar-refractivity contribution is 8.00. The fourth-order valence-electron chi connectivity index (χ4n) is 2.28. The molecule has 162 valence electrons. The van der Waals surface area contributed by atoms with Gasteiger partial charge in [-0.05, 0) is 54.2 Å². The maximum absolute atomic E-state index is 13.1. The van der Waals surface area contributed by atoms with Gasteiger partial charge in [0.2, 0.25) is 0 Å². The van der Waals surface area contributed by atoms with Gasteiger partial charge in [-0.25, -0.2) is 0 Å². The summed E-state index contributed by atoms with van der Waals surface area (Å²) in [6.45, 7) is -0.664. The number of carbonyl (C=O) groups is 1. The summed E-state index contributed by atoms with van der Waals surface area (Å²) in [4.78, 5) is 12.0. The van der Waals surface area contributed by atoms with Crippen LogP contribution < -0.4 is 10.1 Å². The SMILES string of the molecule is N#Cc1ccc(C(F)(F)F)c(OC[C@H](C#N)NC(=O)c2ccc(SC(F)(F)F)cc2)c1. The van der Waals surface area contributed by atoms with Crippen molar-refractivity contribution in [3.8, 4) is 17.9 Å². The number of alkyl halides is 6. The molecule has 0 saturated heterocycles. The van der Waals surface area contributed by atoms with E-state index in [9.17, 15) is 31.1 Å². The summed E-state index contributed by atoms with van der Waals surface area (Å²) in [5, 5.41) is 20.2. The Labute approximate surface area is 176 Å². The Bertz CT molecular complexity index is 1020. The molecule has 0 aliphatic rings. The van der Waals surface area contributed by atoms with E-state index in [-0.39, 0.29) is 27.8 Å². The molecule has 0 fully saturated rings. The van der Waals surface area contributed by atoms with Crippen LogP contribution in [0.4, 0.5) is 26.3 Å². The zero-order chi connectivity index (χ0) is 23.2. The number of thioether (sulfide) groups is 1. The smallest absolute Gasteiger partial charge is 0.446 e. The number of nitriles is 2. The van der Waals surface area contributed by atoms with Gasteiger partial charge in [0.1, 0.15) is 12.4 Å². The van der Waals surface area contributed by atoms with Crippen LogP contribution >= 0.6 is 11.8 Å². The first kappa shape index (κ1) is 23.9. The van der Waals surface area contributed by atoms with Crippen LogP contribution in [0.2, 0.25) is 0 Å². The Kier molecular flexibility index (Phi) is 7.41. The van der Waals surface area contributed by atoms with Crippen molar-refractivity contribution in [3.63, 3.8) is 0 Å². The van der Waals surface area contributed by atoms with Gasteiger partial charge in [-0.1, -0.05) is 0 Å². The molecule has 0 radical (unpaired) electrons. The van der Waals surface area contributed by atoms with Crippen molar-refractivity contribution in [1.82, 2.24) is 5.32 Å². The highest BCUT2D eigenvalue weighted by atomic mass is 32.2. The van der Waals surface area contributed by atoms with Gasteiger partial charge in [0.05, 0.1) is 23.3 Å². The molecule has 0 unspecified atom stereocenters. The van der Waals surface area contributed by atoms with Crippen LogP contribution in [-0.4, -0.2) is 24.1 Å². The lowest BCUT2D eigenvalue weighted by atomic mass is 10.1. The third-order valence-electron chi connectivity index (χ3n) is 3.63. The van der Waals surface area contributed by atoms with Crippen molar-refractivity contribution >= 4 is 17.7 Å². The molecule has 12 heteroatoms. The van der Waals surface area contributed by atoms with Gasteiger partial charge in [0.15, 0.2) is 6.04 Å². The van der Waals surface area contributed by atoms with Crippen molar-refractivity contribution in [3.05, 3.63) is 59.2 Å². The van der Waals surface area contributed by atoms with Gasteiger partial charge < -0.3 is 10.1 Å². The minimum atomic E-state index is -4.77. The molecule has 0 heterocycles. The summed E-state index contributed by atoms with van der Waals surface area (Å²) >= 11 is -0.367. The highest BCUT2D eigenvalue weighted by Crippen LogP contribution is 2.37. The van der Waals surface area contributed by atoms with Crippen molar-refractivity contribution in [2.45, 2.75) is 22.6 Å². The fraction of sp³-hybridized carbons (Fsp3) is 0.211. The predicted molar refractivity (Wildman–Crippen MR) is 96.9 cm³/mol. The minimum Gasteiger partial charge on any atom is -0.490 e. The molecule has 0 aromatic heterocycles. The number of rotatable bonds is 6. The van der Waals surface area contributed by atoms with E-state index in [1.165, 1.54) is 0 Å². The second-order valence-electron chi connectivity index (χ2n) is 5.86. The van der Waals surface area contributed by atoms with Crippen LogP contribution in [0.1, 0.15) is 21.5 Å². The first-order chi connectivity index (χ1) is 14.4. The second-order valence-corrected chi connectivity index (χ2v) is 7.00. The lowest BCUT2D eigenvalue weighted by molar-refractivity contribution is -0.139. The molecule has 2 rings (SSSR count). The number of hydrogen-bond acceptors (Lipinski definition) is 5. The summed E-state index contributed by atoms with van der Waals surface area (Å²) in [5.74, 6) is -1.52. The van der Waals surface area contributed by atoms with E-state index in [4.69, 9.17) is 15.3 Å². The van der Waals surface area contributed by atoms with E-state index in [1.807, 2.05) is 0 Å². The Morgan fingerprint density at radius 1 is 1.06 bits per heavy atom. The van der Waals surface area contributed by atoms with Crippen LogP contribution in [0.15, 0.2) is 47.4 Å². The number of benzene rings is 2. The van der Waals surface area contributed by atoms with Gasteiger partial charge in [0.25, 0.3) is 5.91 Å². The lowest BCUT2D eigenvalue weighted by Crippen LogP contribution is -2.38. The molecule has 0 saturated carbocycles. The standard InChI is InChI=1S/C19H11F6N3O2S/c20-18(21,22)15-6-1-11(8-26)7-16(15)30-10-13(9-27)28-17(29)12-2-4-14(5-3-12)31-19(23,24)25/h1-7,13H,10H2,(H,28,29)/t13-/m0/s1. The second kappa shape index (κ2) is 9.62. The fourth-order valence-corrected chi connectivity index (χ4v) is 2.82. The number of ether oxygens (including phenoxy) is 1. The molecule has 0 bridgehead atoms. The molecule has 5 nitrogen and oxygen atoms in total. The van der Waals surface area contributed by atoms with Gasteiger partial charge >= 0.3 is 11.7 Å². The van der Waals surface area contributed by atoms with Crippen LogP contribution in [0.5, 0.6) is 5.75 Å². The van der Waals surface area contributed by atoms with Crippen LogP contribution in [0, 0.1) is 22.7 Å². The molecule has 1 amide bonds. The van der Waals surface area contributed by atoms with E-state index >= 15 is 0 Å². The normalized spacial score (nSPS) is 12.4. The Balaban J connectivity index is 2.07. The van der Waals surface area contributed by atoms with E-state index in [1.54, 1.807) is 12.1 Å². The van der Waals surface area contributed by atoms with Crippen LogP contribution in [0.25, 0.3) is 0 Å². The average molecular weight is 459 g/mol. The number of hydrogen-bond donors (Lipinski definition) is 1. The number of carbonyl (C=O) groups excluding carboxylic acids is 1. The molecule has 31 heavy (non-hydrogen) atoms. The van der Waals surface area contributed by atoms with Crippen molar-refractivity contribution in [2.75, 3.05) is 6.61 Å². The molecule has 0 aliphatic carbocycles. The zero-order valence-electron chi connectivity index (χ0n) is 15.2. The molecule has 2 aromatic rings. The monoisotopic (exact) mass is 459 g/mol. The molecule has 0 aliphatic heterocycles. The van der Waals surface area contributed by atoms with Gasteiger partial charge in [-0.2, -0.15) is 36.9 Å². The summed E-state index contributed by atoms with van der Waals surface area (Å²) in [6, 6.07) is 8.76. The maximum atomic E-state index is 13.1. The first-order valence-electron chi connectivity index (χ1n) is 8.23. The topological polar surface area (TPSA) is 85.9 Å². The summed E-state index contributed by atoms with van der Waals surface area (Å²) in [7, 11) is 0. The lowest BCUT2D eigenvalue weighted by Gasteiger charge is -2.17. The molecule has 2 aromatic carbocycles. The third-order valence-corrected chi connectivity index (χ3v) is 4.37. The van der Waals surface area contributed by atoms with Crippen molar-refractivity contribution < 1.29 is 35.9 Å². The quantitative estimate of drug-likeness (QED) is 0.491. The number of halogens is 6. The minimum absolute atomic E-state index is 0.0609. The Morgan fingerprint density at radius 2 is 1.71 bits per heavy atom. The number of nitrogens with zero attached hydrogens (tertiary/aromatic N) is 2. The van der Waals surface area contributed by atoms with E-state index in [2.05, 4.69) is 5.32 Å². The Morgan fingerprint density at radius 3 is 2.23 bits per heavy atom. The highest BCUT2D eigenvalue weighted by Gasteiger charge is 2.35. The number of amides is 1. The molecule has 1 N–H and O–H groups in total. The van der Waals surface area contributed by atoms with Crippen molar-refractivity contribution in [1.29, 1.82) is 10.5 Å². The molecule has 1 atom stereocenters. The van der Waals surface area contributed by atoms with Crippen LogP contribution in [-0.2, 0) is 6.18 Å². The van der Waals surface area contributed by atoms with Crippen LogP contribution in [0.3, 0.4) is 0 Å². The summed E-state index contributed by atoms with van der Waals surface area (Å²) in [6.07, 6.45) is -4.77. The summed E-state index contributed by atoms with van der Waals surface area (Å²) < 4.78 is 81.3. The largest absolute Gasteiger partial charge is 0.490 e. The summed E-state index contributed by atoms with van der Waals surface area (Å²) in [5.41, 5.74) is -5.82.